The van der Waals surface area contributed by atoms with Gasteiger partial charge in [-0.3, -0.25) is 0 Å². The van der Waals surface area contributed by atoms with Crippen molar-refractivity contribution in [1.29, 1.82) is 0 Å². The van der Waals surface area contributed by atoms with Crippen LogP contribution in [0.4, 0.5) is 20.6 Å². The number of benzene rings is 2. The number of rotatable bonds is 3. The molecule has 0 saturated heterocycles. The number of urea groups is 1. The molecule has 1 aliphatic heterocycles. The molecule has 7 heteroatoms. The van der Waals surface area contributed by atoms with Crippen LogP contribution in [0.15, 0.2) is 66.9 Å². The number of nitrogens with zero attached hydrogens (tertiary/aromatic N) is 3. The minimum Gasteiger partial charge on any atom is -0.378 e. The molecule has 5 nitrogen and oxygen atoms in total. The number of fused-ring (bicyclic) bond motifs is 5. The zero-order chi connectivity index (χ0) is 24.8. The highest BCUT2D eigenvalue weighted by molar-refractivity contribution is 7.15. The van der Waals surface area contributed by atoms with Gasteiger partial charge in [0.1, 0.15) is 10.8 Å². The Kier molecular flexibility index (Phi) is 5.80. The molecule has 6 rings (SSSR count). The molecule has 3 heterocycles. The third-order valence-electron chi connectivity index (χ3n) is 7.28. The van der Waals surface area contributed by atoms with Crippen molar-refractivity contribution in [2.75, 3.05) is 24.3 Å². The highest BCUT2D eigenvalue weighted by Gasteiger charge is 2.36. The summed E-state index contributed by atoms with van der Waals surface area (Å²) in [5, 5.41) is 4.07. The lowest BCUT2D eigenvalue weighted by Crippen LogP contribution is -2.38. The average molecular weight is 501 g/mol. The first-order chi connectivity index (χ1) is 17.5. The maximum atomic E-state index is 14.5. The van der Waals surface area contributed by atoms with Gasteiger partial charge < -0.3 is 19.7 Å². The fourth-order valence-electron chi connectivity index (χ4n) is 5.44. The van der Waals surface area contributed by atoms with Crippen molar-refractivity contribution in [2.24, 2.45) is 0 Å². The highest BCUT2D eigenvalue weighted by Crippen LogP contribution is 2.44. The molecule has 2 aliphatic rings. The first-order valence-corrected chi connectivity index (χ1v) is 13.2. The summed E-state index contributed by atoms with van der Waals surface area (Å²) in [6, 6.07) is 18.2. The van der Waals surface area contributed by atoms with Crippen molar-refractivity contribution in [3.63, 3.8) is 0 Å². The number of para-hydroxylation sites is 1. The van der Waals surface area contributed by atoms with Crippen LogP contribution in [0, 0.1) is 5.82 Å². The van der Waals surface area contributed by atoms with Crippen LogP contribution < -0.4 is 10.2 Å². The lowest BCUT2D eigenvalue weighted by Gasteiger charge is -2.31. The Balaban J connectivity index is 1.49. The van der Waals surface area contributed by atoms with Crippen molar-refractivity contribution in [3.05, 3.63) is 99.9 Å². The summed E-state index contributed by atoms with van der Waals surface area (Å²) in [5.41, 5.74) is 5.97. The van der Waals surface area contributed by atoms with Gasteiger partial charge in [-0.25, -0.2) is 9.18 Å². The van der Waals surface area contributed by atoms with E-state index in [1.165, 1.54) is 39.9 Å². The minimum absolute atomic E-state index is 0.191. The van der Waals surface area contributed by atoms with Crippen molar-refractivity contribution in [1.82, 2.24) is 9.47 Å². The molecule has 36 heavy (non-hydrogen) atoms. The Hall–Kier alpha value is -3.58. The van der Waals surface area contributed by atoms with E-state index >= 15 is 0 Å². The lowest BCUT2D eigenvalue weighted by molar-refractivity contribution is 0.194. The number of aromatic nitrogens is 1. The van der Waals surface area contributed by atoms with Crippen molar-refractivity contribution in [3.8, 4) is 5.00 Å². The second-order valence-electron chi connectivity index (χ2n) is 9.72. The molecule has 0 unspecified atom stereocenters. The van der Waals surface area contributed by atoms with Gasteiger partial charge in [0.05, 0.1) is 24.0 Å². The largest absolute Gasteiger partial charge is 0.378 e. The topological polar surface area (TPSA) is 40.5 Å². The quantitative estimate of drug-likeness (QED) is 0.338. The number of nitrogens with one attached hydrogen (secondary N) is 1. The smallest absolute Gasteiger partial charge is 0.323 e. The molecule has 2 aromatic carbocycles. The van der Waals surface area contributed by atoms with Crippen LogP contribution in [0.2, 0.25) is 0 Å². The van der Waals surface area contributed by atoms with Gasteiger partial charge in [0.25, 0.3) is 0 Å². The van der Waals surface area contributed by atoms with Gasteiger partial charge in [0.15, 0.2) is 0 Å². The molecule has 2 amide bonds. The van der Waals surface area contributed by atoms with E-state index in [2.05, 4.69) is 57.4 Å². The number of halogens is 1. The van der Waals surface area contributed by atoms with E-state index in [1.54, 1.807) is 18.2 Å². The van der Waals surface area contributed by atoms with E-state index < -0.39 is 5.82 Å². The van der Waals surface area contributed by atoms with E-state index in [0.29, 0.717) is 6.54 Å². The molecule has 1 N–H and O–H groups in total. The molecular weight excluding hydrogens is 471 g/mol. The molecule has 2 aromatic heterocycles. The molecule has 0 radical (unpaired) electrons. The summed E-state index contributed by atoms with van der Waals surface area (Å²) in [6.45, 7) is 0.475. The number of carbonyl (C=O) groups is 1. The predicted molar refractivity (Wildman–Crippen MR) is 144 cm³/mol. The van der Waals surface area contributed by atoms with Crippen LogP contribution in [-0.2, 0) is 19.4 Å². The van der Waals surface area contributed by atoms with Gasteiger partial charge >= 0.3 is 6.03 Å². The molecule has 184 valence electrons. The zero-order valence-electron chi connectivity index (χ0n) is 20.5. The maximum absolute atomic E-state index is 14.5. The fourth-order valence-corrected chi connectivity index (χ4v) is 6.85. The first kappa shape index (κ1) is 22.9. The Morgan fingerprint density at radius 3 is 2.56 bits per heavy atom. The van der Waals surface area contributed by atoms with Crippen LogP contribution in [0.5, 0.6) is 0 Å². The Morgan fingerprint density at radius 2 is 1.78 bits per heavy atom. The average Bonchev–Trinajstić information content (AvgIpc) is 3.47. The molecule has 0 bridgehead atoms. The highest BCUT2D eigenvalue weighted by atomic mass is 32.1. The van der Waals surface area contributed by atoms with Crippen LogP contribution in [0.1, 0.15) is 46.1 Å². The number of anilines is 2. The molecular formula is C29H29FN4OS. The van der Waals surface area contributed by atoms with Gasteiger partial charge in [0.2, 0.25) is 0 Å². The second-order valence-corrected chi connectivity index (χ2v) is 10.8. The Bertz CT molecular complexity index is 1420. The van der Waals surface area contributed by atoms with Gasteiger partial charge in [-0.2, -0.15) is 0 Å². The maximum Gasteiger partial charge on any atom is 0.323 e. The number of carbonyl (C=O) groups excluding carboxylic acids is 1. The minimum atomic E-state index is -0.440. The molecule has 4 aromatic rings. The standard InChI is InChI=1S/C29H29FN4OS/c1-32(2)20-15-13-19(14-16-20)27-25-11-7-17-33(25)28-22(21-8-3-6-12-26(21)36-28)18-34(27)29(35)31-24-10-5-4-9-23(24)30/h4-5,7,9-11,13-17,27H,3,6,8,12,18H2,1-2H3,(H,31,35)/t27-/m0/s1. The molecule has 0 spiro atoms. The number of aryl methyl sites for hydroxylation is 1. The Labute approximate surface area is 214 Å². The third kappa shape index (κ3) is 3.88. The second kappa shape index (κ2) is 9.13. The number of amides is 2. The fraction of sp³-hybridized carbons (Fsp3) is 0.276. The van der Waals surface area contributed by atoms with Crippen LogP contribution >= 0.6 is 11.3 Å². The summed E-state index contributed by atoms with van der Waals surface area (Å²) in [4.78, 5) is 19.3. The van der Waals surface area contributed by atoms with Crippen LogP contribution in [0.3, 0.4) is 0 Å². The first-order valence-electron chi connectivity index (χ1n) is 12.4. The van der Waals surface area contributed by atoms with Gasteiger partial charge in [-0.15, -0.1) is 11.3 Å². The van der Waals surface area contributed by atoms with E-state index in [9.17, 15) is 9.18 Å². The van der Waals surface area contributed by atoms with Gasteiger partial charge in [-0.05, 0) is 73.2 Å². The third-order valence-corrected chi connectivity index (χ3v) is 8.61. The number of thiophene rings is 1. The van der Waals surface area contributed by atoms with Crippen LogP contribution in [0.25, 0.3) is 5.00 Å². The summed E-state index contributed by atoms with van der Waals surface area (Å²) in [7, 11) is 4.03. The normalized spacial score (nSPS) is 16.5. The van der Waals surface area contributed by atoms with Gasteiger partial charge in [-0.1, -0.05) is 24.3 Å². The van der Waals surface area contributed by atoms with Crippen molar-refractivity contribution < 1.29 is 9.18 Å². The summed E-state index contributed by atoms with van der Waals surface area (Å²) < 4.78 is 16.8. The molecule has 0 saturated carbocycles. The van der Waals surface area contributed by atoms with E-state index in [0.717, 1.165) is 29.8 Å². The van der Waals surface area contributed by atoms with E-state index in [1.807, 2.05) is 30.3 Å². The van der Waals surface area contributed by atoms with E-state index in [-0.39, 0.29) is 17.8 Å². The summed E-state index contributed by atoms with van der Waals surface area (Å²) >= 11 is 1.86. The van der Waals surface area contributed by atoms with E-state index in [4.69, 9.17) is 0 Å². The molecule has 0 fully saturated rings. The summed E-state index contributed by atoms with van der Waals surface area (Å²) in [5.74, 6) is -0.440. The van der Waals surface area contributed by atoms with Gasteiger partial charge in [0, 0.05) is 36.4 Å². The molecule has 1 aliphatic carbocycles. The van der Waals surface area contributed by atoms with Crippen molar-refractivity contribution >= 4 is 28.7 Å². The Morgan fingerprint density at radius 1 is 1.00 bits per heavy atom. The monoisotopic (exact) mass is 500 g/mol. The van der Waals surface area contributed by atoms with Crippen LogP contribution in [-0.4, -0.2) is 29.6 Å². The lowest BCUT2D eigenvalue weighted by atomic mass is 9.95. The predicted octanol–water partition coefficient (Wildman–Crippen LogP) is 6.76. The molecule has 1 atom stereocenters. The van der Waals surface area contributed by atoms with Crippen molar-refractivity contribution in [2.45, 2.75) is 38.3 Å². The number of hydrogen-bond donors (Lipinski definition) is 1. The zero-order valence-corrected chi connectivity index (χ0v) is 21.3. The summed E-state index contributed by atoms with van der Waals surface area (Å²) in [6.07, 6.45) is 6.63. The number of hydrogen-bond acceptors (Lipinski definition) is 3. The SMILES string of the molecule is CN(C)c1ccc([C@H]2c3cccn3-c3sc4c(c3CN2C(=O)Nc2ccccc2F)CCCC4)cc1.